The third-order valence-corrected chi connectivity index (χ3v) is 6.14. The van der Waals surface area contributed by atoms with E-state index in [1.807, 2.05) is 35.6 Å². The highest BCUT2D eigenvalue weighted by Crippen LogP contribution is 2.39. The van der Waals surface area contributed by atoms with E-state index >= 15 is 0 Å². The molecule has 1 aliphatic carbocycles. The van der Waals surface area contributed by atoms with Crippen LogP contribution in [0.4, 0.5) is 0 Å². The summed E-state index contributed by atoms with van der Waals surface area (Å²) in [5, 5.41) is 5.84. The predicted molar refractivity (Wildman–Crippen MR) is 99.3 cm³/mol. The molecule has 5 rings (SSSR count). The largest absolute Gasteiger partial charge is 0.496 e. The van der Waals surface area contributed by atoms with E-state index in [1.165, 1.54) is 22.2 Å². The molecule has 25 heavy (non-hydrogen) atoms. The topological polar surface area (TPSA) is 52.3 Å². The Hall–Kier alpha value is -2.47. The van der Waals surface area contributed by atoms with E-state index < -0.39 is 0 Å². The molecular formula is C19H18N4OS. The van der Waals surface area contributed by atoms with Crippen LogP contribution in [0.2, 0.25) is 0 Å². The molecule has 0 bridgehead atoms. The van der Waals surface area contributed by atoms with E-state index in [1.54, 1.807) is 18.0 Å². The number of methoxy groups -OCH3 is 1. The Morgan fingerprint density at radius 1 is 1.28 bits per heavy atom. The summed E-state index contributed by atoms with van der Waals surface area (Å²) in [6.45, 7) is 2.33. The minimum atomic E-state index is 0.677. The lowest BCUT2D eigenvalue weighted by Gasteiger charge is -2.17. The predicted octanol–water partition coefficient (Wildman–Crippen LogP) is 4.14. The highest BCUT2D eigenvalue weighted by Gasteiger charge is 2.24. The van der Waals surface area contributed by atoms with Crippen LogP contribution in [-0.4, -0.2) is 26.7 Å². The average molecular weight is 350 g/mol. The number of aryl methyl sites for hydroxylation is 1. The number of benzene rings is 1. The van der Waals surface area contributed by atoms with Crippen molar-refractivity contribution >= 4 is 27.2 Å². The molecule has 1 aliphatic rings. The van der Waals surface area contributed by atoms with Crippen LogP contribution in [0.5, 0.6) is 5.75 Å². The van der Waals surface area contributed by atoms with Gasteiger partial charge in [0.05, 0.1) is 18.1 Å². The fourth-order valence-corrected chi connectivity index (χ4v) is 5.03. The molecule has 1 unspecified atom stereocenters. The Morgan fingerprint density at radius 3 is 3.04 bits per heavy atom. The number of para-hydroxylation sites is 1. The summed E-state index contributed by atoms with van der Waals surface area (Å²) in [6.07, 6.45) is 5.26. The summed E-state index contributed by atoms with van der Waals surface area (Å²) >= 11 is 1.81. The zero-order valence-electron chi connectivity index (χ0n) is 14.2. The fourth-order valence-electron chi connectivity index (χ4n) is 3.68. The minimum absolute atomic E-state index is 0.677. The molecule has 1 aromatic carbocycles. The SMILES string of the molecule is COc1ccccc1-c1nc2c3c4c(sc3ncn2n1)CC(C)CC4. The van der Waals surface area contributed by atoms with Gasteiger partial charge >= 0.3 is 0 Å². The van der Waals surface area contributed by atoms with Gasteiger partial charge in [0.25, 0.3) is 0 Å². The van der Waals surface area contributed by atoms with Crippen molar-refractivity contribution in [3.63, 3.8) is 0 Å². The second-order valence-electron chi connectivity index (χ2n) is 6.68. The molecule has 0 amide bonds. The maximum absolute atomic E-state index is 5.47. The Bertz CT molecular complexity index is 1100. The van der Waals surface area contributed by atoms with E-state index in [9.17, 15) is 0 Å². The van der Waals surface area contributed by atoms with Crippen molar-refractivity contribution in [2.75, 3.05) is 7.11 Å². The number of nitrogens with zero attached hydrogens (tertiary/aromatic N) is 4. The van der Waals surface area contributed by atoms with Crippen molar-refractivity contribution in [2.24, 2.45) is 5.92 Å². The Kier molecular flexibility index (Phi) is 3.28. The van der Waals surface area contributed by atoms with Gasteiger partial charge in [0.15, 0.2) is 11.5 Å². The molecule has 0 spiro atoms. The number of ether oxygens (including phenoxy) is 1. The molecule has 1 atom stereocenters. The van der Waals surface area contributed by atoms with Crippen LogP contribution < -0.4 is 4.74 Å². The lowest BCUT2D eigenvalue weighted by Crippen LogP contribution is -2.08. The Labute approximate surface area is 149 Å². The molecule has 0 radical (unpaired) electrons. The lowest BCUT2D eigenvalue weighted by atomic mass is 9.89. The zero-order valence-corrected chi connectivity index (χ0v) is 15.0. The summed E-state index contributed by atoms with van der Waals surface area (Å²) in [4.78, 5) is 12.0. The van der Waals surface area contributed by atoms with Crippen molar-refractivity contribution in [1.29, 1.82) is 0 Å². The summed E-state index contributed by atoms with van der Waals surface area (Å²) < 4.78 is 7.27. The third kappa shape index (κ3) is 2.24. The van der Waals surface area contributed by atoms with Gasteiger partial charge in [-0.1, -0.05) is 19.1 Å². The van der Waals surface area contributed by atoms with Crippen molar-refractivity contribution in [2.45, 2.75) is 26.2 Å². The molecule has 6 heteroatoms. The fraction of sp³-hybridized carbons (Fsp3) is 0.316. The van der Waals surface area contributed by atoms with E-state index in [4.69, 9.17) is 9.72 Å². The maximum Gasteiger partial charge on any atom is 0.185 e. The first-order valence-corrected chi connectivity index (χ1v) is 9.35. The molecule has 5 nitrogen and oxygen atoms in total. The van der Waals surface area contributed by atoms with E-state index in [2.05, 4.69) is 17.0 Å². The molecule has 0 aliphatic heterocycles. The number of aromatic nitrogens is 4. The van der Waals surface area contributed by atoms with Gasteiger partial charge in [-0.25, -0.2) is 14.5 Å². The zero-order chi connectivity index (χ0) is 17.0. The Balaban J connectivity index is 1.76. The van der Waals surface area contributed by atoms with Crippen LogP contribution in [0.15, 0.2) is 30.6 Å². The second kappa shape index (κ2) is 5.52. The molecule has 0 saturated carbocycles. The molecule has 126 valence electrons. The van der Waals surface area contributed by atoms with Gasteiger partial charge in [0.2, 0.25) is 0 Å². The van der Waals surface area contributed by atoms with Crippen molar-refractivity contribution < 1.29 is 4.74 Å². The quantitative estimate of drug-likeness (QED) is 0.545. The van der Waals surface area contributed by atoms with Crippen LogP contribution in [0, 0.1) is 5.92 Å². The molecular weight excluding hydrogens is 332 g/mol. The summed E-state index contributed by atoms with van der Waals surface area (Å²) in [7, 11) is 1.67. The first-order chi connectivity index (χ1) is 12.2. The van der Waals surface area contributed by atoms with Gasteiger partial charge in [-0.15, -0.1) is 16.4 Å². The van der Waals surface area contributed by atoms with Gasteiger partial charge in [-0.05, 0) is 42.9 Å². The van der Waals surface area contributed by atoms with Crippen LogP contribution in [0.1, 0.15) is 23.8 Å². The third-order valence-electron chi connectivity index (χ3n) is 4.98. The smallest absolute Gasteiger partial charge is 0.185 e. The van der Waals surface area contributed by atoms with Gasteiger partial charge in [0, 0.05) is 4.88 Å². The first kappa shape index (κ1) is 14.8. The number of hydrogen-bond acceptors (Lipinski definition) is 5. The van der Waals surface area contributed by atoms with Crippen LogP contribution in [0.25, 0.3) is 27.3 Å². The summed E-state index contributed by atoms with van der Waals surface area (Å²) in [5.41, 5.74) is 3.23. The van der Waals surface area contributed by atoms with Gasteiger partial charge in [-0.3, -0.25) is 0 Å². The van der Waals surface area contributed by atoms with Crippen LogP contribution in [-0.2, 0) is 12.8 Å². The normalized spacial score (nSPS) is 17.1. The molecule has 3 heterocycles. The van der Waals surface area contributed by atoms with E-state index in [0.717, 1.165) is 40.6 Å². The van der Waals surface area contributed by atoms with Gasteiger partial charge in [0.1, 0.15) is 16.9 Å². The second-order valence-corrected chi connectivity index (χ2v) is 7.76. The highest BCUT2D eigenvalue weighted by atomic mass is 32.1. The van der Waals surface area contributed by atoms with Crippen LogP contribution >= 0.6 is 11.3 Å². The molecule has 0 fully saturated rings. The minimum Gasteiger partial charge on any atom is -0.496 e. The highest BCUT2D eigenvalue weighted by molar-refractivity contribution is 7.19. The summed E-state index contributed by atoms with van der Waals surface area (Å²) in [5.74, 6) is 2.21. The first-order valence-electron chi connectivity index (χ1n) is 8.53. The number of rotatable bonds is 2. The van der Waals surface area contributed by atoms with E-state index in [0.29, 0.717) is 5.82 Å². The standard InChI is InChI=1S/C19H18N4OS/c1-11-7-8-13-15(9-11)25-19-16(13)18-21-17(22-23(18)10-20-19)12-5-3-4-6-14(12)24-2/h3-6,10-11H,7-9H2,1-2H3. The van der Waals surface area contributed by atoms with Gasteiger partial charge in [-0.2, -0.15) is 0 Å². The number of fused-ring (bicyclic) bond motifs is 5. The average Bonchev–Trinajstić information content (AvgIpc) is 3.21. The lowest BCUT2D eigenvalue weighted by molar-refractivity contribution is 0.416. The monoisotopic (exact) mass is 350 g/mol. The summed E-state index contributed by atoms with van der Waals surface area (Å²) in [6, 6.07) is 7.85. The molecule has 0 N–H and O–H groups in total. The maximum atomic E-state index is 5.47. The number of hydrogen-bond donors (Lipinski definition) is 0. The van der Waals surface area contributed by atoms with Crippen molar-refractivity contribution in [3.05, 3.63) is 41.0 Å². The van der Waals surface area contributed by atoms with Crippen molar-refractivity contribution in [3.8, 4) is 17.1 Å². The molecule has 0 saturated heterocycles. The van der Waals surface area contributed by atoms with Crippen molar-refractivity contribution in [1.82, 2.24) is 19.6 Å². The van der Waals surface area contributed by atoms with E-state index in [-0.39, 0.29) is 0 Å². The Morgan fingerprint density at radius 2 is 2.16 bits per heavy atom. The van der Waals surface area contributed by atoms with Crippen LogP contribution in [0.3, 0.4) is 0 Å². The molecule has 4 aromatic rings. The van der Waals surface area contributed by atoms with Gasteiger partial charge < -0.3 is 4.74 Å². The molecule has 3 aromatic heterocycles. The number of thiophene rings is 1.